The fraction of sp³-hybridized carbons (Fsp3) is 0.267. The van der Waals surface area contributed by atoms with E-state index in [-0.39, 0.29) is 16.2 Å². The van der Waals surface area contributed by atoms with Crippen molar-refractivity contribution in [1.29, 1.82) is 0 Å². The Morgan fingerprint density at radius 1 is 1.24 bits per heavy atom. The van der Waals surface area contributed by atoms with Crippen molar-refractivity contribution in [2.75, 3.05) is 6.54 Å². The van der Waals surface area contributed by atoms with E-state index >= 15 is 0 Å². The Hall–Kier alpha value is -2.47. The van der Waals surface area contributed by atoms with Crippen molar-refractivity contribution < 1.29 is 4.92 Å². The van der Waals surface area contributed by atoms with Crippen LogP contribution in [0.3, 0.4) is 0 Å². The van der Waals surface area contributed by atoms with E-state index in [9.17, 15) is 14.9 Å². The molecule has 6 heteroatoms. The smallest absolute Gasteiger partial charge is 0.269 e. The van der Waals surface area contributed by atoms with Gasteiger partial charge in [-0.3, -0.25) is 19.8 Å². The summed E-state index contributed by atoms with van der Waals surface area (Å²) in [5.41, 5.74) is 3.25. The molecule has 0 amide bonds. The van der Waals surface area contributed by atoms with Gasteiger partial charge in [0.1, 0.15) is 0 Å². The summed E-state index contributed by atoms with van der Waals surface area (Å²) in [7, 11) is 0. The van der Waals surface area contributed by atoms with Gasteiger partial charge in [-0.05, 0) is 23.1 Å². The zero-order valence-electron chi connectivity index (χ0n) is 11.4. The molecule has 1 aromatic heterocycles. The number of nitro groups is 1. The second kappa shape index (κ2) is 5.49. The van der Waals surface area contributed by atoms with Gasteiger partial charge in [0, 0.05) is 44.0 Å². The van der Waals surface area contributed by atoms with E-state index in [1.807, 2.05) is 12.1 Å². The average molecular weight is 285 g/mol. The third-order valence-corrected chi connectivity index (χ3v) is 3.75. The summed E-state index contributed by atoms with van der Waals surface area (Å²) in [5, 5.41) is 10.8. The topological polar surface area (TPSA) is 79.2 Å². The summed E-state index contributed by atoms with van der Waals surface area (Å²) in [5.74, 6) is 0. The molecule has 0 spiro atoms. The number of nitrogens with one attached hydrogen (secondary N) is 1. The Morgan fingerprint density at radius 2 is 2.10 bits per heavy atom. The highest BCUT2D eigenvalue weighted by molar-refractivity contribution is 5.41. The van der Waals surface area contributed by atoms with Gasteiger partial charge < -0.3 is 4.98 Å². The minimum atomic E-state index is -0.360. The molecule has 1 aliphatic rings. The zero-order chi connectivity index (χ0) is 14.8. The summed E-state index contributed by atoms with van der Waals surface area (Å²) in [4.78, 5) is 26.4. The first-order valence-electron chi connectivity index (χ1n) is 6.78. The molecule has 0 atom stereocenters. The molecular weight excluding hydrogens is 270 g/mol. The third kappa shape index (κ3) is 3.00. The van der Waals surface area contributed by atoms with E-state index in [4.69, 9.17) is 0 Å². The van der Waals surface area contributed by atoms with Crippen LogP contribution in [-0.4, -0.2) is 21.4 Å². The molecule has 6 nitrogen and oxygen atoms in total. The Kier molecular flexibility index (Phi) is 3.53. The minimum Gasteiger partial charge on any atom is -0.329 e. The van der Waals surface area contributed by atoms with E-state index < -0.39 is 0 Å². The number of H-pyrrole nitrogens is 1. The van der Waals surface area contributed by atoms with Crippen LogP contribution in [-0.2, 0) is 19.5 Å². The maximum Gasteiger partial charge on any atom is 0.269 e. The van der Waals surface area contributed by atoms with Gasteiger partial charge in [-0.15, -0.1) is 0 Å². The van der Waals surface area contributed by atoms with Crippen LogP contribution in [0.2, 0.25) is 0 Å². The zero-order valence-corrected chi connectivity index (χ0v) is 11.4. The van der Waals surface area contributed by atoms with E-state index in [1.165, 1.54) is 11.6 Å². The number of aromatic amines is 1. The molecule has 2 heterocycles. The molecule has 21 heavy (non-hydrogen) atoms. The van der Waals surface area contributed by atoms with Gasteiger partial charge in [0.05, 0.1) is 4.92 Å². The fourth-order valence-electron chi connectivity index (χ4n) is 2.65. The SMILES string of the molecule is O=c1ccc(CN2CCc3ccc([N+](=O)[O-])cc3C2)c[nH]1. The highest BCUT2D eigenvalue weighted by Gasteiger charge is 2.19. The lowest BCUT2D eigenvalue weighted by Gasteiger charge is -2.28. The maximum atomic E-state index is 11.0. The number of aromatic nitrogens is 1. The van der Waals surface area contributed by atoms with Crippen molar-refractivity contribution in [2.45, 2.75) is 19.5 Å². The van der Waals surface area contributed by atoms with Crippen LogP contribution in [0.15, 0.2) is 41.3 Å². The predicted molar refractivity (Wildman–Crippen MR) is 78.0 cm³/mol. The van der Waals surface area contributed by atoms with Crippen molar-refractivity contribution in [3.8, 4) is 0 Å². The number of rotatable bonds is 3. The molecule has 0 saturated carbocycles. The molecule has 3 rings (SSSR count). The molecule has 1 aromatic carbocycles. The molecule has 0 saturated heterocycles. The molecule has 1 aliphatic heterocycles. The largest absolute Gasteiger partial charge is 0.329 e. The maximum absolute atomic E-state index is 11.0. The number of hydrogen-bond donors (Lipinski definition) is 1. The van der Waals surface area contributed by atoms with Crippen molar-refractivity contribution in [3.63, 3.8) is 0 Å². The lowest BCUT2D eigenvalue weighted by Crippen LogP contribution is -2.30. The standard InChI is InChI=1S/C15H15N3O3/c19-15-4-1-11(8-16-15)9-17-6-5-12-2-3-14(18(20)21)7-13(12)10-17/h1-4,7-8H,5-6,9-10H2,(H,16,19). The highest BCUT2D eigenvalue weighted by Crippen LogP contribution is 2.24. The van der Waals surface area contributed by atoms with Crippen molar-refractivity contribution in [1.82, 2.24) is 9.88 Å². The average Bonchev–Trinajstić information content (AvgIpc) is 2.49. The van der Waals surface area contributed by atoms with Crippen molar-refractivity contribution in [3.05, 3.63) is 73.7 Å². The summed E-state index contributed by atoms with van der Waals surface area (Å²) in [6.07, 6.45) is 2.60. The Bertz CT molecular complexity index is 719. The van der Waals surface area contributed by atoms with E-state index in [2.05, 4.69) is 9.88 Å². The van der Waals surface area contributed by atoms with E-state index in [1.54, 1.807) is 18.3 Å². The lowest BCUT2D eigenvalue weighted by atomic mass is 9.99. The number of non-ortho nitro benzene ring substituents is 1. The number of benzene rings is 1. The number of nitro benzene ring substituents is 1. The van der Waals surface area contributed by atoms with Gasteiger partial charge >= 0.3 is 0 Å². The monoisotopic (exact) mass is 285 g/mol. The molecule has 108 valence electrons. The third-order valence-electron chi connectivity index (χ3n) is 3.75. The van der Waals surface area contributed by atoms with Crippen LogP contribution in [0.1, 0.15) is 16.7 Å². The molecule has 0 unspecified atom stereocenters. The first-order valence-corrected chi connectivity index (χ1v) is 6.78. The summed E-state index contributed by atoms with van der Waals surface area (Å²) >= 11 is 0. The van der Waals surface area contributed by atoms with Crippen LogP contribution in [0.5, 0.6) is 0 Å². The number of nitrogens with zero attached hydrogens (tertiary/aromatic N) is 2. The number of fused-ring (bicyclic) bond motifs is 1. The van der Waals surface area contributed by atoms with Crippen molar-refractivity contribution >= 4 is 5.69 Å². The second-order valence-electron chi connectivity index (χ2n) is 5.23. The van der Waals surface area contributed by atoms with E-state index in [0.29, 0.717) is 6.54 Å². The summed E-state index contributed by atoms with van der Waals surface area (Å²) in [6.45, 7) is 2.32. The van der Waals surface area contributed by atoms with Crippen LogP contribution >= 0.6 is 0 Å². The molecule has 0 bridgehead atoms. The van der Waals surface area contributed by atoms with Crippen LogP contribution < -0.4 is 5.56 Å². The Morgan fingerprint density at radius 3 is 2.81 bits per heavy atom. The molecule has 1 N–H and O–H groups in total. The summed E-state index contributed by atoms with van der Waals surface area (Å²) < 4.78 is 0. The van der Waals surface area contributed by atoms with Gasteiger partial charge in [0.2, 0.25) is 5.56 Å². The number of pyridine rings is 1. The molecular formula is C15H15N3O3. The Labute approximate surface area is 121 Å². The van der Waals surface area contributed by atoms with Crippen molar-refractivity contribution in [2.24, 2.45) is 0 Å². The minimum absolute atomic E-state index is 0.113. The van der Waals surface area contributed by atoms with Gasteiger partial charge in [0.15, 0.2) is 0 Å². The Balaban J connectivity index is 1.77. The normalized spacial score (nSPS) is 14.7. The highest BCUT2D eigenvalue weighted by atomic mass is 16.6. The molecule has 2 aromatic rings. The first kappa shape index (κ1) is 13.5. The van der Waals surface area contributed by atoms with Crippen LogP contribution in [0, 0.1) is 10.1 Å². The quantitative estimate of drug-likeness (QED) is 0.689. The van der Waals surface area contributed by atoms with Gasteiger partial charge in [-0.2, -0.15) is 0 Å². The summed E-state index contributed by atoms with van der Waals surface area (Å²) in [6, 6.07) is 8.40. The van der Waals surface area contributed by atoms with E-state index in [0.717, 1.165) is 30.6 Å². The molecule has 0 radical (unpaired) electrons. The van der Waals surface area contributed by atoms with Gasteiger partial charge in [0.25, 0.3) is 5.69 Å². The van der Waals surface area contributed by atoms with Crippen LogP contribution in [0.25, 0.3) is 0 Å². The van der Waals surface area contributed by atoms with Gasteiger partial charge in [-0.25, -0.2) is 0 Å². The number of hydrogen-bond acceptors (Lipinski definition) is 4. The lowest BCUT2D eigenvalue weighted by molar-refractivity contribution is -0.385. The predicted octanol–water partition coefficient (Wildman–Crippen LogP) is 1.84. The van der Waals surface area contributed by atoms with Crippen LogP contribution in [0.4, 0.5) is 5.69 Å². The molecule has 0 fully saturated rings. The van der Waals surface area contributed by atoms with Gasteiger partial charge in [-0.1, -0.05) is 12.1 Å². The second-order valence-corrected chi connectivity index (χ2v) is 5.23. The molecule has 0 aliphatic carbocycles. The first-order chi connectivity index (χ1) is 10.1. The fourth-order valence-corrected chi connectivity index (χ4v) is 2.65.